The first-order valence-corrected chi connectivity index (χ1v) is 46.4. The molecule has 1 N–H and O–H groups in total. The maximum Gasteiger partial charge on any atom is 0.192 e. The zero-order chi connectivity index (χ0) is 98.3. The van der Waals surface area contributed by atoms with Gasteiger partial charge in [-0.3, -0.25) is 29.8 Å². The first-order chi connectivity index (χ1) is 71.4. The molecule has 0 unspecified atom stereocenters. The third kappa shape index (κ3) is 23.7. The minimum absolute atomic E-state index is 0. The van der Waals surface area contributed by atoms with E-state index >= 15 is 0 Å². The van der Waals surface area contributed by atoms with Crippen LogP contribution >= 0.6 is 23.2 Å². The highest BCUT2D eigenvalue weighted by Crippen LogP contribution is 2.35. The van der Waals surface area contributed by atoms with Crippen LogP contribution in [0.4, 0.5) is 0 Å². The SMILES string of the molecule is C.C.C.C.C.COc1ccc2c(OCc3nnc4ccc(-c5ccc(CN6CCOCC6)cc5)nn34)ccnc2c1.COc1ccc2c(OCc3nnc4ccc(-c5ccc[nH]5)nn34)ccnc2c1.COc1ccc2c(OCc3nnc4ccc(-c5ccccc5)nn34)ccnc2c1.COc1ccc2c(OCc3nnc4ccc(Cl)nn34)ccnc2c1.Clc1ccc2c(OCc3nnc4ccc(-c5ccccc5)nn34)ccnc2c1. The van der Waals surface area contributed by atoms with Crippen LogP contribution in [-0.2, 0) is 44.3 Å². The summed E-state index contributed by atoms with van der Waals surface area (Å²) in [6, 6.07) is 88.6. The number of hydrogen-bond donors (Lipinski definition) is 1. The number of aromatic nitrogens is 26. The summed E-state index contributed by atoms with van der Waals surface area (Å²) < 4.78 is 65.0. The second-order valence-electron chi connectivity index (χ2n) is 32.5. The number of H-pyrrole nitrogens is 1. The number of nitrogens with zero attached hydrogens (tertiary/aromatic N) is 26. The topological polar surface area (TPSA) is 391 Å². The van der Waals surface area contributed by atoms with Gasteiger partial charge < -0.3 is 52.4 Å². The highest BCUT2D eigenvalue weighted by molar-refractivity contribution is 6.31. The van der Waals surface area contributed by atoms with Crippen LogP contribution in [0.3, 0.4) is 0 Å². The Labute approximate surface area is 871 Å². The molecule has 1 aliphatic heterocycles. The van der Waals surface area contributed by atoms with Crippen molar-refractivity contribution < 1.29 is 47.4 Å². The lowest BCUT2D eigenvalue weighted by Gasteiger charge is -2.26. The average molecular weight is 2050 g/mol. The van der Waals surface area contributed by atoms with E-state index in [0.717, 1.165) is 156 Å². The Kier molecular flexibility index (Phi) is 33.7. The third-order valence-electron chi connectivity index (χ3n) is 23.5. The van der Waals surface area contributed by atoms with Crippen molar-refractivity contribution in [3.63, 3.8) is 0 Å². The number of benzene rings is 8. The number of morpholine rings is 1. The molecule has 8 aromatic carbocycles. The molecular formula is C111H105Cl2N27O10. The number of ether oxygens (including phenoxy) is 10. The fourth-order valence-electron chi connectivity index (χ4n) is 16.1. The largest absolute Gasteiger partial charge is 0.497 e. The number of aromatic amines is 1. The monoisotopic (exact) mass is 2050 g/mol. The van der Waals surface area contributed by atoms with Crippen LogP contribution < -0.4 is 42.6 Å². The molecule has 24 aromatic rings. The minimum Gasteiger partial charge on any atom is -0.497 e. The van der Waals surface area contributed by atoms with Crippen LogP contribution in [0.2, 0.25) is 10.2 Å². The number of halogens is 2. The second kappa shape index (κ2) is 48.5. The molecule has 0 amide bonds. The smallest absolute Gasteiger partial charge is 0.192 e. The molecule has 0 saturated carbocycles. The Balaban J connectivity index is 0.000000133. The molecule has 17 heterocycles. The predicted octanol–water partition coefficient (Wildman–Crippen LogP) is 21.6. The first kappa shape index (κ1) is 104. The van der Waals surface area contributed by atoms with E-state index in [1.807, 2.05) is 243 Å². The number of nitrogens with one attached hydrogen (secondary N) is 1. The average Bonchev–Trinajstić information content (AvgIpc) is 1.70. The van der Waals surface area contributed by atoms with Crippen molar-refractivity contribution >= 4 is 106 Å². The summed E-state index contributed by atoms with van der Waals surface area (Å²) >= 11 is 12.0. The molecule has 0 atom stereocenters. The van der Waals surface area contributed by atoms with Crippen LogP contribution in [0.25, 0.3) is 128 Å². The molecule has 1 saturated heterocycles. The first-order valence-electron chi connectivity index (χ1n) is 45.7. The van der Waals surface area contributed by atoms with Gasteiger partial charge in [-0.2, -0.15) is 48.1 Å². The standard InChI is InChI=1S/C27H26N6O3.C22H17N5O2.C21H14ClN5O.C20H16N6O2.C16H12ClN5O2.5CH4/c1-34-21-6-7-22-24(16-21)28-11-10-25(22)36-18-27-30-29-26-9-8-23(31-33(26)27)20-4-2-19(3-5-20)17-32-12-14-35-15-13-32;1-28-16-7-8-17-19(13-16)23-12-11-20(17)29-14-22-25-24-21-10-9-18(26-27(21)22)15-5-3-2-4-6-15;22-15-6-7-16-18(12-15)23-11-10-19(16)28-13-21-25-24-20-9-8-17(26-27(20)21)14-4-2-1-3-5-14;1-27-13-4-5-14-17(11-13)22-10-8-18(14)28-12-20-24-23-19-7-6-16(25-26(19)20)15-3-2-9-21-15;1-23-10-2-3-11-12(8-10)18-7-6-13(11)24-9-16-20-19-15-5-4-14(17)21-22(15)16;;;;;/h2-11,16H,12-15,17-18H2,1H3;2-13H,14H2,1H3;1-12H,13H2;2-11,21H,12H2,1H3;2-8H,9H2,1H3;5*1H4. The lowest BCUT2D eigenvalue weighted by Crippen LogP contribution is -2.35. The van der Waals surface area contributed by atoms with Gasteiger partial charge >= 0.3 is 0 Å². The van der Waals surface area contributed by atoms with E-state index in [-0.39, 0.29) is 70.2 Å². The van der Waals surface area contributed by atoms with E-state index in [2.05, 4.69) is 130 Å². The van der Waals surface area contributed by atoms with Gasteiger partial charge in [-0.1, -0.05) is 145 Å². The van der Waals surface area contributed by atoms with Crippen LogP contribution in [0.5, 0.6) is 51.7 Å². The van der Waals surface area contributed by atoms with E-state index < -0.39 is 0 Å². The molecular weight excluding hydrogens is 1940 g/mol. The van der Waals surface area contributed by atoms with Gasteiger partial charge in [-0.15, -0.1) is 51.0 Å². The van der Waals surface area contributed by atoms with E-state index in [9.17, 15) is 0 Å². The molecule has 150 heavy (non-hydrogen) atoms. The van der Waals surface area contributed by atoms with E-state index in [1.54, 1.807) is 100 Å². The van der Waals surface area contributed by atoms with Gasteiger partial charge in [0.05, 0.1) is 92.0 Å². The normalized spacial score (nSPS) is 11.5. The minimum atomic E-state index is 0. The molecule has 758 valence electrons. The van der Waals surface area contributed by atoms with Crippen molar-refractivity contribution in [3.05, 3.63) is 361 Å². The highest BCUT2D eigenvalue weighted by atomic mass is 35.5. The quantitative estimate of drug-likeness (QED) is 0.0555. The highest BCUT2D eigenvalue weighted by Gasteiger charge is 2.21. The van der Waals surface area contributed by atoms with Crippen molar-refractivity contribution in [1.82, 2.24) is 134 Å². The molecule has 25 rings (SSSR count). The molecule has 37 nitrogen and oxygen atoms in total. The van der Waals surface area contributed by atoms with Gasteiger partial charge in [0.25, 0.3) is 0 Å². The summed E-state index contributed by atoms with van der Waals surface area (Å²) in [5.41, 5.74) is 15.9. The van der Waals surface area contributed by atoms with Crippen molar-refractivity contribution in [2.24, 2.45) is 0 Å². The molecule has 16 aromatic heterocycles. The van der Waals surface area contributed by atoms with Crippen LogP contribution in [0.15, 0.2) is 316 Å². The number of hydrogen-bond acceptors (Lipinski definition) is 31. The van der Waals surface area contributed by atoms with Gasteiger partial charge in [0.15, 0.2) is 57.4 Å². The van der Waals surface area contributed by atoms with Crippen molar-refractivity contribution in [2.75, 3.05) is 54.7 Å². The van der Waals surface area contributed by atoms with Crippen molar-refractivity contribution in [3.8, 4) is 96.9 Å². The van der Waals surface area contributed by atoms with Crippen LogP contribution in [0.1, 0.15) is 71.8 Å². The Morgan fingerprint density at radius 1 is 0.293 bits per heavy atom. The number of fused-ring (bicyclic) bond motifs is 10. The van der Waals surface area contributed by atoms with Crippen LogP contribution in [0, 0.1) is 0 Å². The van der Waals surface area contributed by atoms with Gasteiger partial charge in [0, 0.05) is 130 Å². The lowest BCUT2D eigenvalue weighted by atomic mass is 10.1. The van der Waals surface area contributed by atoms with E-state index in [1.165, 1.54) is 5.56 Å². The Hall–Kier alpha value is -18.5. The fraction of sp³-hybridized carbons (Fsp3) is 0.171. The molecule has 0 bridgehead atoms. The zero-order valence-electron chi connectivity index (χ0n) is 78.1. The summed E-state index contributed by atoms with van der Waals surface area (Å²) in [7, 11) is 6.52. The maximum atomic E-state index is 6.12. The molecule has 0 radical (unpaired) electrons. The molecule has 1 fully saturated rings. The van der Waals surface area contributed by atoms with Gasteiger partial charge in [-0.05, 0) is 175 Å². The summed E-state index contributed by atoms with van der Waals surface area (Å²) in [6.07, 6.45) is 10.4. The van der Waals surface area contributed by atoms with E-state index in [0.29, 0.717) is 96.3 Å². The number of pyridine rings is 5. The number of rotatable bonds is 25. The molecule has 0 spiro atoms. The van der Waals surface area contributed by atoms with Crippen molar-refractivity contribution in [1.29, 1.82) is 0 Å². The fourth-order valence-corrected chi connectivity index (χ4v) is 16.4. The summed E-state index contributed by atoms with van der Waals surface area (Å²) in [5.74, 6) is 9.58. The summed E-state index contributed by atoms with van der Waals surface area (Å²) in [5, 5.41) is 70.4. The Morgan fingerprint density at radius 3 is 0.933 bits per heavy atom. The maximum absolute atomic E-state index is 6.12. The molecule has 1 aliphatic rings. The van der Waals surface area contributed by atoms with Gasteiger partial charge in [0.1, 0.15) is 95.6 Å². The van der Waals surface area contributed by atoms with Gasteiger partial charge in [0.2, 0.25) is 0 Å². The summed E-state index contributed by atoms with van der Waals surface area (Å²) in [6.45, 7) is 5.61. The van der Waals surface area contributed by atoms with Crippen LogP contribution in [-0.4, -0.2) is 189 Å². The Bertz CT molecular complexity index is 8710. The summed E-state index contributed by atoms with van der Waals surface area (Å²) in [4.78, 5) is 27.4. The molecule has 0 aliphatic carbocycles. The van der Waals surface area contributed by atoms with Crippen molar-refractivity contribution in [2.45, 2.75) is 76.7 Å². The zero-order valence-corrected chi connectivity index (χ0v) is 79.6. The van der Waals surface area contributed by atoms with E-state index in [4.69, 9.17) is 75.7 Å². The van der Waals surface area contributed by atoms with Gasteiger partial charge in [-0.25, -0.2) is 0 Å². The second-order valence-corrected chi connectivity index (χ2v) is 33.4. The predicted molar refractivity (Wildman–Crippen MR) is 576 cm³/mol. The lowest BCUT2D eigenvalue weighted by molar-refractivity contribution is 0.0342. The third-order valence-corrected chi connectivity index (χ3v) is 23.9. The number of methoxy groups -OCH3 is 4. The Morgan fingerprint density at radius 2 is 0.600 bits per heavy atom. The molecule has 39 heteroatoms.